The van der Waals surface area contributed by atoms with Crippen molar-refractivity contribution in [1.29, 1.82) is 0 Å². The zero-order valence-electron chi connectivity index (χ0n) is 10.7. The van der Waals surface area contributed by atoms with Gasteiger partial charge in [0.1, 0.15) is 0 Å². The monoisotopic (exact) mass is 236 g/mol. The van der Waals surface area contributed by atoms with E-state index in [1.165, 1.54) is 38.5 Å². The molecule has 0 radical (unpaired) electrons. The van der Waals surface area contributed by atoms with Crippen molar-refractivity contribution in [2.75, 3.05) is 19.6 Å². The Kier molecular flexibility index (Phi) is 4.60. The van der Waals surface area contributed by atoms with Crippen LogP contribution in [0.25, 0.3) is 0 Å². The maximum atomic E-state index is 12.2. The molecule has 1 heterocycles. The van der Waals surface area contributed by atoms with E-state index in [0.717, 1.165) is 12.5 Å². The van der Waals surface area contributed by atoms with Crippen LogP contribution in [0, 0.1) is 5.92 Å². The van der Waals surface area contributed by atoms with Gasteiger partial charge in [-0.1, -0.05) is 18.9 Å². The first kappa shape index (κ1) is 12.6. The second-order valence-corrected chi connectivity index (χ2v) is 5.26. The van der Waals surface area contributed by atoms with E-state index in [1.54, 1.807) is 6.08 Å². The molecular formula is C14H24N2O. The molecule has 0 aromatic carbocycles. The molecule has 2 unspecified atom stereocenters. The van der Waals surface area contributed by atoms with Gasteiger partial charge in [-0.3, -0.25) is 4.79 Å². The molecule has 1 amide bonds. The van der Waals surface area contributed by atoms with Crippen LogP contribution in [0.3, 0.4) is 0 Å². The van der Waals surface area contributed by atoms with Gasteiger partial charge in [-0.05, 0) is 31.6 Å². The van der Waals surface area contributed by atoms with Gasteiger partial charge in [-0.25, -0.2) is 0 Å². The molecule has 0 spiro atoms. The highest BCUT2D eigenvalue weighted by Crippen LogP contribution is 2.35. The van der Waals surface area contributed by atoms with Crippen molar-refractivity contribution in [3.05, 3.63) is 12.7 Å². The molecule has 2 rings (SSSR count). The number of hydrogen-bond donors (Lipinski definition) is 1. The van der Waals surface area contributed by atoms with E-state index < -0.39 is 0 Å². The summed E-state index contributed by atoms with van der Waals surface area (Å²) in [7, 11) is 0. The predicted molar refractivity (Wildman–Crippen MR) is 69.8 cm³/mol. The molecule has 3 nitrogen and oxygen atoms in total. The minimum atomic E-state index is 0.281. The molecule has 0 bridgehead atoms. The third-order valence-corrected chi connectivity index (χ3v) is 4.13. The Morgan fingerprint density at radius 1 is 1.29 bits per heavy atom. The molecule has 2 aliphatic rings. The Bertz CT molecular complexity index is 275. The lowest BCUT2D eigenvalue weighted by Gasteiger charge is -2.44. The second-order valence-electron chi connectivity index (χ2n) is 5.26. The number of fused-ring (bicyclic) bond motifs is 1. The minimum absolute atomic E-state index is 0.281. The summed E-state index contributed by atoms with van der Waals surface area (Å²) in [4.78, 5) is 14.3. The van der Waals surface area contributed by atoms with Gasteiger partial charge >= 0.3 is 0 Å². The molecular weight excluding hydrogens is 212 g/mol. The zero-order chi connectivity index (χ0) is 12.1. The van der Waals surface area contributed by atoms with Crippen LogP contribution in [-0.4, -0.2) is 36.5 Å². The van der Waals surface area contributed by atoms with Gasteiger partial charge in [0.05, 0.1) is 6.54 Å². The molecule has 1 aliphatic carbocycles. The highest BCUT2D eigenvalue weighted by molar-refractivity contribution is 5.78. The van der Waals surface area contributed by atoms with Crippen molar-refractivity contribution in [2.45, 2.75) is 44.6 Å². The fourth-order valence-corrected chi connectivity index (χ4v) is 3.32. The van der Waals surface area contributed by atoms with Crippen LogP contribution in [-0.2, 0) is 4.79 Å². The van der Waals surface area contributed by atoms with Gasteiger partial charge in [0, 0.05) is 19.1 Å². The summed E-state index contributed by atoms with van der Waals surface area (Å²) in [6, 6.07) is 0.538. The number of amides is 1. The zero-order valence-corrected chi connectivity index (χ0v) is 10.7. The van der Waals surface area contributed by atoms with Crippen LogP contribution in [0.15, 0.2) is 12.7 Å². The summed E-state index contributed by atoms with van der Waals surface area (Å²) < 4.78 is 0. The van der Waals surface area contributed by atoms with Crippen LogP contribution in [0.1, 0.15) is 38.5 Å². The summed E-state index contributed by atoms with van der Waals surface area (Å²) in [6.07, 6.45) is 9.52. The average molecular weight is 236 g/mol. The number of carbonyl (C=O) groups excluding carboxylic acids is 1. The lowest BCUT2D eigenvalue weighted by molar-refractivity contribution is -0.136. The first-order valence-electron chi connectivity index (χ1n) is 6.94. The van der Waals surface area contributed by atoms with Crippen molar-refractivity contribution in [1.82, 2.24) is 10.2 Å². The van der Waals surface area contributed by atoms with Crippen LogP contribution >= 0.6 is 0 Å². The third kappa shape index (κ3) is 3.09. The summed E-state index contributed by atoms with van der Waals surface area (Å²) in [6.45, 7) is 5.80. The minimum Gasteiger partial charge on any atom is -0.338 e. The molecule has 96 valence electrons. The summed E-state index contributed by atoms with van der Waals surface area (Å²) in [5.74, 6) is 1.06. The van der Waals surface area contributed by atoms with Gasteiger partial charge in [0.25, 0.3) is 0 Å². The van der Waals surface area contributed by atoms with E-state index in [1.807, 2.05) is 0 Å². The SMILES string of the molecule is C=CCNCC(=O)N1CCCC2CCCCC21. The summed E-state index contributed by atoms with van der Waals surface area (Å²) in [5, 5.41) is 3.12. The number of hydrogen-bond acceptors (Lipinski definition) is 2. The molecule has 1 saturated heterocycles. The van der Waals surface area contributed by atoms with Crippen LogP contribution in [0.4, 0.5) is 0 Å². The Balaban J connectivity index is 1.89. The molecule has 2 fully saturated rings. The van der Waals surface area contributed by atoms with E-state index in [2.05, 4.69) is 16.8 Å². The molecule has 2 atom stereocenters. The topological polar surface area (TPSA) is 32.3 Å². The first-order chi connectivity index (χ1) is 8.33. The lowest BCUT2D eigenvalue weighted by Crippen LogP contribution is -2.52. The maximum Gasteiger partial charge on any atom is 0.236 e. The number of carbonyl (C=O) groups is 1. The van der Waals surface area contributed by atoms with Gasteiger partial charge in [-0.15, -0.1) is 6.58 Å². The molecule has 17 heavy (non-hydrogen) atoms. The van der Waals surface area contributed by atoms with Crippen molar-refractivity contribution in [3.63, 3.8) is 0 Å². The van der Waals surface area contributed by atoms with Crippen LogP contribution in [0.5, 0.6) is 0 Å². The average Bonchev–Trinajstić information content (AvgIpc) is 2.38. The second kappa shape index (κ2) is 6.20. The van der Waals surface area contributed by atoms with E-state index in [4.69, 9.17) is 0 Å². The van der Waals surface area contributed by atoms with E-state index in [-0.39, 0.29) is 5.91 Å². The molecule has 0 aromatic rings. The van der Waals surface area contributed by atoms with E-state index >= 15 is 0 Å². The van der Waals surface area contributed by atoms with Gasteiger partial charge in [-0.2, -0.15) is 0 Å². The lowest BCUT2D eigenvalue weighted by atomic mass is 9.78. The van der Waals surface area contributed by atoms with E-state index in [0.29, 0.717) is 19.1 Å². The molecule has 3 heteroatoms. The predicted octanol–water partition coefficient (Wildman–Crippen LogP) is 1.94. The standard InChI is InChI=1S/C14H24N2O/c1-2-9-15-11-14(17)16-10-5-7-12-6-3-4-8-13(12)16/h2,12-13,15H,1,3-11H2. The quantitative estimate of drug-likeness (QED) is 0.597. The Hall–Kier alpha value is -0.830. The third-order valence-electron chi connectivity index (χ3n) is 4.13. The highest BCUT2D eigenvalue weighted by atomic mass is 16.2. The van der Waals surface area contributed by atoms with Crippen molar-refractivity contribution < 1.29 is 4.79 Å². The summed E-state index contributed by atoms with van der Waals surface area (Å²) in [5.41, 5.74) is 0. The fourth-order valence-electron chi connectivity index (χ4n) is 3.32. The van der Waals surface area contributed by atoms with Gasteiger partial charge in [0.15, 0.2) is 0 Å². The number of piperidine rings is 1. The largest absolute Gasteiger partial charge is 0.338 e. The Morgan fingerprint density at radius 2 is 2.06 bits per heavy atom. The van der Waals surface area contributed by atoms with Crippen LogP contribution < -0.4 is 5.32 Å². The molecule has 1 saturated carbocycles. The molecule has 1 aliphatic heterocycles. The Labute approximate surface area is 104 Å². The smallest absolute Gasteiger partial charge is 0.236 e. The fraction of sp³-hybridized carbons (Fsp3) is 0.786. The first-order valence-corrected chi connectivity index (χ1v) is 6.94. The normalized spacial score (nSPS) is 28.6. The number of nitrogens with one attached hydrogen (secondary N) is 1. The Morgan fingerprint density at radius 3 is 2.88 bits per heavy atom. The maximum absolute atomic E-state index is 12.2. The highest BCUT2D eigenvalue weighted by Gasteiger charge is 2.35. The van der Waals surface area contributed by atoms with Gasteiger partial charge < -0.3 is 10.2 Å². The summed E-state index contributed by atoms with van der Waals surface area (Å²) >= 11 is 0. The number of likely N-dealkylation sites (tertiary alicyclic amines) is 1. The van der Waals surface area contributed by atoms with Crippen molar-refractivity contribution in [2.24, 2.45) is 5.92 Å². The van der Waals surface area contributed by atoms with Gasteiger partial charge in [0.2, 0.25) is 5.91 Å². The van der Waals surface area contributed by atoms with Crippen molar-refractivity contribution in [3.8, 4) is 0 Å². The van der Waals surface area contributed by atoms with Crippen molar-refractivity contribution >= 4 is 5.91 Å². The molecule has 0 aromatic heterocycles. The number of nitrogens with zero attached hydrogens (tertiary/aromatic N) is 1. The number of rotatable bonds is 4. The van der Waals surface area contributed by atoms with Crippen LogP contribution in [0.2, 0.25) is 0 Å². The van der Waals surface area contributed by atoms with E-state index in [9.17, 15) is 4.79 Å². The molecule has 1 N–H and O–H groups in total.